The number of hydrogen-bond acceptors (Lipinski definition) is 6. The van der Waals surface area contributed by atoms with Gasteiger partial charge in [-0.1, -0.05) is 24.1 Å². The van der Waals surface area contributed by atoms with Crippen molar-refractivity contribution >= 4 is 11.9 Å². The van der Waals surface area contributed by atoms with Crippen LogP contribution < -0.4 is 0 Å². The van der Waals surface area contributed by atoms with E-state index >= 15 is 0 Å². The first kappa shape index (κ1) is 20.8. The summed E-state index contributed by atoms with van der Waals surface area (Å²) in [6, 6.07) is 0. The molecule has 0 saturated heterocycles. The molecular weight excluding hydrogens is 360 g/mol. The third kappa shape index (κ3) is 3.44. The first-order valence-corrected chi connectivity index (χ1v) is 9.83. The van der Waals surface area contributed by atoms with E-state index in [2.05, 4.69) is 0 Å². The second-order valence-corrected chi connectivity index (χ2v) is 8.61. The molecule has 1 aliphatic heterocycles. The number of ether oxygens (including phenoxy) is 2. The normalized spacial score (nSPS) is 40.5. The average molecular weight is 390 g/mol. The number of hydrogen-bond donors (Lipinski definition) is 2. The second kappa shape index (κ2) is 7.48. The Morgan fingerprint density at radius 1 is 1.25 bits per heavy atom. The van der Waals surface area contributed by atoms with Gasteiger partial charge in [0.1, 0.15) is 12.2 Å². The molecule has 0 spiro atoms. The predicted octanol–water partition coefficient (Wildman–Crippen LogP) is 2.59. The van der Waals surface area contributed by atoms with Crippen molar-refractivity contribution in [3.8, 4) is 0 Å². The zero-order chi connectivity index (χ0) is 20.8. The van der Waals surface area contributed by atoms with Gasteiger partial charge in [0.2, 0.25) is 0 Å². The summed E-state index contributed by atoms with van der Waals surface area (Å²) in [5, 5.41) is 22.0. The van der Waals surface area contributed by atoms with Crippen LogP contribution >= 0.6 is 0 Å². The molecule has 28 heavy (non-hydrogen) atoms. The SMILES string of the molecule is CC(=O)O[C@H]1CC=C(C)[C@@H]2CC3=C(C)C(=O)O[C@H]3/C=C(/C)C[C@@H](O)[C@H](O)[C@@]12C. The van der Waals surface area contributed by atoms with Gasteiger partial charge in [0.25, 0.3) is 0 Å². The van der Waals surface area contributed by atoms with Gasteiger partial charge in [-0.2, -0.15) is 0 Å². The summed E-state index contributed by atoms with van der Waals surface area (Å²) in [7, 11) is 0. The molecule has 2 aliphatic carbocycles. The molecule has 2 N–H and O–H groups in total. The molecule has 0 fully saturated rings. The maximum atomic E-state index is 12.2. The van der Waals surface area contributed by atoms with Crippen molar-refractivity contribution in [3.05, 3.63) is 34.4 Å². The molecule has 0 aromatic carbocycles. The van der Waals surface area contributed by atoms with Gasteiger partial charge in [-0.3, -0.25) is 4.79 Å². The van der Waals surface area contributed by atoms with Crippen LogP contribution in [0.4, 0.5) is 0 Å². The Morgan fingerprint density at radius 3 is 2.57 bits per heavy atom. The van der Waals surface area contributed by atoms with Crippen molar-refractivity contribution in [2.45, 2.75) is 78.3 Å². The molecule has 3 aliphatic rings. The fourth-order valence-corrected chi connectivity index (χ4v) is 4.98. The lowest BCUT2D eigenvalue weighted by molar-refractivity contribution is -0.175. The van der Waals surface area contributed by atoms with Crippen LogP contribution in [0.15, 0.2) is 34.4 Å². The average Bonchev–Trinajstić information content (AvgIpc) is 2.86. The van der Waals surface area contributed by atoms with Gasteiger partial charge in [-0.15, -0.1) is 0 Å². The van der Waals surface area contributed by atoms with E-state index in [0.29, 0.717) is 18.4 Å². The third-order valence-electron chi connectivity index (χ3n) is 6.71. The third-order valence-corrected chi connectivity index (χ3v) is 6.71. The quantitative estimate of drug-likeness (QED) is 0.528. The fourth-order valence-electron chi connectivity index (χ4n) is 4.98. The smallest absolute Gasteiger partial charge is 0.334 e. The van der Waals surface area contributed by atoms with Crippen molar-refractivity contribution in [2.24, 2.45) is 11.3 Å². The van der Waals surface area contributed by atoms with Crippen LogP contribution in [-0.4, -0.2) is 46.6 Å². The molecule has 0 radical (unpaired) electrons. The number of esters is 2. The molecule has 154 valence electrons. The van der Waals surface area contributed by atoms with Crippen LogP contribution in [0.25, 0.3) is 0 Å². The molecule has 0 unspecified atom stereocenters. The van der Waals surface area contributed by atoms with Crippen molar-refractivity contribution in [3.63, 3.8) is 0 Å². The standard InChI is InChI=1S/C22H30O6/c1-11-8-17(24)20(25)22(5)16(12(2)6-7-19(22)27-14(4)23)10-15-13(3)21(26)28-18(15)9-11/h6,9,16-20,24-25H,7-8,10H2,1-5H3/b11-9-/t16-,17+,18-,19-,20-,22+/m0/s1. The lowest BCUT2D eigenvalue weighted by Gasteiger charge is -2.50. The highest BCUT2D eigenvalue weighted by Crippen LogP contribution is 2.51. The van der Waals surface area contributed by atoms with E-state index in [1.165, 1.54) is 6.92 Å². The minimum absolute atomic E-state index is 0.205. The highest BCUT2D eigenvalue weighted by atomic mass is 16.6. The molecule has 6 heteroatoms. The van der Waals surface area contributed by atoms with Crippen molar-refractivity contribution in [1.29, 1.82) is 0 Å². The first-order chi connectivity index (χ1) is 13.1. The number of carbonyl (C=O) groups excluding carboxylic acids is 2. The Bertz CT molecular complexity index is 776. The Balaban J connectivity index is 2.15. The van der Waals surface area contributed by atoms with Gasteiger partial charge in [0, 0.05) is 24.3 Å². The highest BCUT2D eigenvalue weighted by molar-refractivity contribution is 5.92. The van der Waals surface area contributed by atoms with Crippen LogP contribution in [0.3, 0.4) is 0 Å². The maximum Gasteiger partial charge on any atom is 0.334 e. The molecule has 6 atom stereocenters. The Hall–Kier alpha value is -1.92. The molecule has 0 bridgehead atoms. The minimum Gasteiger partial charge on any atom is -0.462 e. The van der Waals surface area contributed by atoms with Crippen LogP contribution in [0.1, 0.15) is 53.9 Å². The fraction of sp³-hybridized carbons (Fsp3) is 0.636. The van der Waals surface area contributed by atoms with Crippen molar-refractivity contribution in [2.75, 3.05) is 0 Å². The van der Waals surface area contributed by atoms with Crippen LogP contribution in [0.5, 0.6) is 0 Å². The number of carbonyl (C=O) groups is 2. The summed E-state index contributed by atoms with van der Waals surface area (Å²) in [4.78, 5) is 23.9. The van der Waals surface area contributed by atoms with Crippen LogP contribution in [0.2, 0.25) is 0 Å². The summed E-state index contributed by atoms with van der Waals surface area (Å²) < 4.78 is 11.1. The number of aliphatic hydroxyl groups excluding tert-OH is 2. The van der Waals surface area contributed by atoms with Gasteiger partial charge in [-0.25, -0.2) is 4.79 Å². The maximum absolute atomic E-state index is 12.2. The van der Waals surface area contributed by atoms with Gasteiger partial charge in [0.15, 0.2) is 0 Å². The van der Waals surface area contributed by atoms with Crippen molar-refractivity contribution < 1.29 is 29.3 Å². The zero-order valence-electron chi connectivity index (χ0n) is 17.2. The second-order valence-electron chi connectivity index (χ2n) is 8.61. The molecule has 0 amide bonds. The Kier molecular flexibility index (Phi) is 5.56. The van der Waals surface area contributed by atoms with E-state index in [1.807, 2.05) is 32.9 Å². The summed E-state index contributed by atoms with van der Waals surface area (Å²) in [5.41, 5.74) is 2.47. The zero-order valence-corrected chi connectivity index (χ0v) is 17.2. The minimum atomic E-state index is -1.09. The molecule has 3 rings (SSSR count). The number of rotatable bonds is 1. The summed E-state index contributed by atoms with van der Waals surface area (Å²) in [5.74, 6) is -0.954. The molecular formula is C22H30O6. The number of aliphatic hydroxyl groups is 2. The van der Waals surface area contributed by atoms with E-state index < -0.39 is 35.8 Å². The summed E-state index contributed by atoms with van der Waals surface area (Å²) >= 11 is 0. The Labute approximate surface area is 165 Å². The molecule has 0 aromatic rings. The monoisotopic (exact) mass is 390 g/mol. The molecule has 0 saturated carbocycles. The van der Waals surface area contributed by atoms with E-state index in [9.17, 15) is 19.8 Å². The molecule has 6 nitrogen and oxygen atoms in total. The number of allylic oxidation sites excluding steroid dienone is 1. The molecule has 0 aromatic heterocycles. The van der Waals surface area contributed by atoms with Gasteiger partial charge in [-0.05, 0) is 51.2 Å². The largest absolute Gasteiger partial charge is 0.462 e. The van der Waals surface area contributed by atoms with E-state index in [1.54, 1.807) is 6.92 Å². The van der Waals surface area contributed by atoms with E-state index in [-0.39, 0.29) is 18.3 Å². The van der Waals surface area contributed by atoms with E-state index in [4.69, 9.17) is 9.47 Å². The topological polar surface area (TPSA) is 93.1 Å². The summed E-state index contributed by atoms with van der Waals surface area (Å²) in [6.07, 6.45) is 1.97. The predicted molar refractivity (Wildman–Crippen MR) is 103 cm³/mol. The van der Waals surface area contributed by atoms with Gasteiger partial charge in [0.05, 0.1) is 12.2 Å². The Morgan fingerprint density at radius 2 is 1.93 bits per heavy atom. The van der Waals surface area contributed by atoms with Crippen LogP contribution in [-0.2, 0) is 19.1 Å². The molecule has 1 heterocycles. The van der Waals surface area contributed by atoms with Crippen molar-refractivity contribution in [1.82, 2.24) is 0 Å². The highest BCUT2D eigenvalue weighted by Gasteiger charge is 2.54. The first-order valence-electron chi connectivity index (χ1n) is 9.83. The van der Waals surface area contributed by atoms with Crippen LogP contribution in [0, 0.1) is 11.3 Å². The number of fused-ring (bicyclic) bond motifs is 2. The lowest BCUT2D eigenvalue weighted by atomic mass is 9.59. The van der Waals surface area contributed by atoms with E-state index in [0.717, 1.165) is 16.7 Å². The van der Waals surface area contributed by atoms with Gasteiger partial charge < -0.3 is 19.7 Å². The van der Waals surface area contributed by atoms with Gasteiger partial charge >= 0.3 is 11.9 Å². The summed E-state index contributed by atoms with van der Waals surface area (Å²) in [6.45, 7) is 8.83. The lowest BCUT2D eigenvalue weighted by Crippen LogP contribution is -2.56.